The third-order valence-electron chi connectivity index (χ3n) is 4.02. The molecule has 0 bridgehead atoms. The third kappa shape index (κ3) is 4.30. The minimum atomic E-state index is -0.201. The van der Waals surface area contributed by atoms with Gasteiger partial charge in [-0.3, -0.25) is 0 Å². The molecule has 0 aliphatic heterocycles. The Morgan fingerprint density at radius 1 is 1.24 bits per heavy atom. The average molecular weight is 381 g/mol. The molecule has 2 aromatic rings. The zero-order valence-electron chi connectivity index (χ0n) is 13.6. The standard InChI is InChI=1S/C18H18Cl2N2O3/c1-25-17-8-11(2-7-16(17)23)10-22(13-4-5-13)18(24)21-12-3-6-14(19)15(20)9-12/h2-3,6-9,13,23H,4-5,10H2,1H3,(H,21,24). The van der Waals surface area contributed by atoms with E-state index in [4.69, 9.17) is 27.9 Å². The van der Waals surface area contributed by atoms with Crippen LogP contribution in [0.4, 0.5) is 10.5 Å². The van der Waals surface area contributed by atoms with E-state index in [9.17, 15) is 9.90 Å². The highest BCUT2D eigenvalue weighted by Crippen LogP contribution is 2.32. The third-order valence-corrected chi connectivity index (χ3v) is 4.76. The van der Waals surface area contributed by atoms with E-state index in [-0.39, 0.29) is 17.8 Å². The molecule has 0 unspecified atom stereocenters. The van der Waals surface area contributed by atoms with Crippen LogP contribution < -0.4 is 10.1 Å². The summed E-state index contributed by atoms with van der Waals surface area (Å²) in [6, 6.07) is 10.1. The van der Waals surface area contributed by atoms with Gasteiger partial charge in [0.1, 0.15) is 0 Å². The lowest BCUT2D eigenvalue weighted by Crippen LogP contribution is -2.36. The number of nitrogens with one attached hydrogen (secondary N) is 1. The van der Waals surface area contributed by atoms with E-state index in [1.807, 2.05) is 0 Å². The zero-order valence-corrected chi connectivity index (χ0v) is 15.1. The van der Waals surface area contributed by atoms with E-state index in [1.165, 1.54) is 7.11 Å². The van der Waals surface area contributed by atoms with Gasteiger partial charge in [-0.25, -0.2) is 4.79 Å². The van der Waals surface area contributed by atoms with Gasteiger partial charge in [0, 0.05) is 18.3 Å². The molecule has 0 atom stereocenters. The fraction of sp³-hybridized carbons (Fsp3) is 0.278. The molecule has 0 aromatic heterocycles. The molecule has 2 aromatic carbocycles. The summed E-state index contributed by atoms with van der Waals surface area (Å²) in [7, 11) is 1.49. The van der Waals surface area contributed by atoms with Gasteiger partial charge in [-0.2, -0.15) is 0 Å². The van der Waals surface area contributed by atoms with Gasteiger partial charge >= 0.3 is 6.03 Å². The molecule has 0 saturated heterocycles. The van der Waals surface area contributed by atoms with E-state index in [2.05, 4.69) is 5.32 Å². The van der Waals surface area contributed by atoms with Crippen LogP contribution in [0.2, 0.25) is 10.0 Å². The minimum absolute atomic E-state index is 0.0736. The number of urea groups is 1. The van der Waals surface area contributed by atoms with Gasteiger partial charge in [0.2, 0.25) is 0 Å². The number of rotatable bonds is 5. The summed E-state index contributed by atoms with van der Waals surface area (Å²) in [6.45, 7) is 0.425. The number of nitrogens with zero attached hydrogens (tertiary/aromatic N) is 1. The van der Waals surface area contributed by atoms with E-state index in [0.29, 0.717) is 28.0 Å². The highest BCUT2D eigenvalue weighted by Gasteiger charge is 2.32. The van der Waals surface area contributed by atoms with Gasteiger partial charge in [0.25, 0.3) is 0 Å². The summed E-state index contributed by atoms with van der Waals surface area (Å²) in [6.07, 6.45) is 1.95. The molecular weight excluding hydrogens is 363 g/mol. The molecule has 1 aliphatic rings. The van der Waals surface area contributed by atoms with Crippen molar-refractivity contribution in [2.24, 2.45) is 0 Å². The monoisotopic (exact) mass is 380 g/mol. The lowest BCUT2D eigenvalue weighted by Gasteiger charge is -2.23. The van der Waals surface area contributed by atoms with Crippen molar-refractivity contribution >= 4 is 34.9 Å². The first-order valence-corrected chi connectivity index (χ1v) is 8.62. The molecule has 1 aliphatic carbocycles. The average Bonchev–Trinajstić information content (AvgIpc) is 3.42. The van der Waals surface area contributed by atoms with Crippen LogP contribution in [0.1, 0.15) is 18.4 Å². The number of hydrogen-bond acceptors (Lipinski definition) is 3. The number of anilines is 1. The Kier molecular flexibility index (Phi) is 5.25. The number of carbonyl (C=O) groups excluding carboxylic acids is 1. The van der Waals surface area contributed by atoms with Crippen molar-refractivity contribution < 1.29 is 14.6 Å². The van der Waals surface area contributed by atoms with E-state index < -0.39 is 0 Å². The fourth-order valence-electron chi connectivity index (χ4n) is 2.54. The maximum Gasteiger partial charge on any atom is 0.322 e. The van der Waals surface area contributed by atoms with Gasteiger partial charge < -0.3 is 20.1 Å². The molecular formula is C18H18Cl2N2O3. The first kappa shape index (κ1) is 17.7. The molecule has 7 heteroatoms. The van der Waals surface area contributed by atoms with Gasteiger partial charge in [-0.1, -0.05) is 29.3 Å². The number of aromatic hydroxyl groups is 1. The predicted octanol–water partition coefficient (Wildman–Crippen LogP) is 4.90. The zero-order chi connectivity index (χ0) is 18.0. The second-order valence-corrected chi connectivity index (χ2v) is 6.74. The SMILES string of the molecule is COc1cc(CN(C(=O)Nc2ccc(Cl)c(Cl)c2)C2CC2)ccc1O. The summed E-state index contributed by atoms with van der Waals surface area (Å²) in [5.74, 6) is 0.461. The maximum absolute atomic E-state index is 12.7. The number of phenolic OH excluding ortho intramolecular Hbond substituents is 1. The quantitative estimate of drug-likeness (QED) is 0.774. The largest absolute Gasteiger partial charge is 0.504 e. The van der Waals surface area contributed by atoms with Gasteiger partial charge in [0.05, 0.1) is 17.2 Å². The van der Waals surface area contributed by atoms with Crippen LogP contribution in [0.25, 0.3) is 0 Å². The van der Waals surface area contributed by atoms with Crippen molar-refractivity contribution in [2.75, 3.05) is 12.4 Å². The number of phenols is 1. The maximum atomic E-state index is 12.7. The van der Waals surface area contributed by atoms with Crippen LogP contribution in [0.15, 0.2) is 36.4 Å². The van der Waals surface area contributed by atoms with Crippen LogP contribution in [-0.4, -0.2) is 29.2 Å². The smallest absolute Gasteiger partial charge is 0.322 e. The normalized spacial score (nSPS) is 13.4. The molecule has 2 N–H and O–H groups in total. The summed E-state index contributed by atoms with van der Waals surface area (Å²) in [5.41, 5.74) is 1.47. The first-order chi connectivity index (χ1) is 12.0. The Bertz CT molecular complexity index is 794. The Hall–Kier alpha value is -2.11. The number of benzene rings is 2. The van der Waals surface area contributed by atoms with Crippen LogP contribution in [0, 0.1) is 0 Å². The number of halogens is 2. The van der Waals surface area contributed by atoms with Crippen LogP contribution in [0.5, 0.6) is 11.5 Å². The number of carbonyl (C=O) groups is 1. The molecule has 25 heavy (non-hydrogen) atoms. The lowest BCUT2D eigenvalue weighted by atomic mass is 10.2. The molecule has 0 radical (unpaired) electrons. The van der Waals surface area contributed by atoms with Crippen molar-refractivity contribution in [3.63, 3.8) is 0 Å². The Morgan fingerprint density at radius 2 is 2.00 bits per heavy atom. The Labute approximate surface area is 156 Å². The molecule has 132 valence electrons. The van der Waals surface area contributed by atoms with Crippen molar-refractivity contribution in [1.82, 2.24) is 4.90 Å². The van der Waals surface area contributed by atoms with Crippen LogP contribution in [0.3, 0.4) is 0 Å². The highest BCUT2D eigenvalue weighted by atomic mass is 35.5. The van der Waals surface area contributed by atoms with E-state index in [0.717, 1.165) is 18.4 Å². The van der Waals surface area contributed by atoms with Gasteiger partial charge in [-0.15, -0.1) is 0 Å². The first-order valence-electron chi connectivity index (χ1n) is 7.86. The van der Waals surface area contributed by atoms with Crippen molar-refractivity contribution in [1.29, 1.82) is 0 Å². The molecule has 2 amide bonds. The number of hydrogen-bond donors (Lipinski definition) is 2. The lowest BCUT2D eigenvalue weighted by molar-refractivity contribution is 0.206. The Morgan fingerprint density at radius 3 is 2.64 bits per heavy atom. The number of ether oxygens (including phenoxy) is 1. The molecule has 1 fully saturated rings. The molecule has 1 saturated carbocycles. The second kappa shape index (κ2) is 7.42. The Balaban J connectivity index is 1.74. The topological polar surface area (TPSA) is 61.8 Å². The summed E-state index contributed by atoms with van der Waals surface area (Å²) in [4.78, 5) is 14.4. The molecule has 3 rings (SSSR count). The highest BCUT2D eigenvalue weighted by molar-refractivity contribution is 6.42. The van der Waals surface area contributed by atoms with Crippen molar-refractivity contribution in [3.05, 3.63) is 52.0 Å². The predicted molar refractivity (Wildman–Crippen MR) is 98.7 cm³/mol. The summed E-state index contributed by atoms with van der Waals surface area (Å²) >= 11 is 11.9. The van der Waals surface area contributed by atoms with E-state index in [1.54, 1.807) is 41.3 Å². The number of amides is 2. The number of methoxy groups -OCH3 is 1. The van der Waals surface area contributed by atoms with Crippen LogP contribution >= 0.6 is 23.2 Å². The van der Waals surface area contributed by atoms with Crippen LogP contribution in [-0.2, 0) is 6.54 Å². The van der Waals surface area contributed by atoms with Crippen molar-refractivity contribution in [2.45, 2.75) is 25.4 Å². The minimum Gasteiger partial charge on any atom is -0.504 e. The fourth-order valence-corrected chi connectivity index (χ4v) is 2.84. The molecule has 5 nitrogen and oxygen atoms in total. The second-order valence-electron chi connectivity index (χ2n) is 5.92. The van der Waals surface area contributed by atoms with Gasteiger partial charge in [-0.05, 0) is 48.7 Å². The van der Waals surface area contributed by atoms with E-state index >= 15 is 0 Å². The van der Waals surface area contributed by atoms with Gasteiger partial charge in [0.15, 0.2) is 11.5 Å². The summed E-state index contributed by atoms with van der Waals surface area (Å²) in [5, 5.41) is 13.4. The summed E-state index contributed by atoms with van der Waals surface area (Å²) < 4.78 is 5.13. The van der Waals surface area contributed by atoms with Crippen molar-refractivity contribution in [3.8, 4) is 11.5 Å². The molecule has 0 spiro atoms. The molecule has 0 heterocycles.